The first-order valence-electron chi connectivity index (χ1n) is 2.50. The Bertz CT molecular complexity index is 242. The monoisotopic (exact) mass is 199 g/mol. The van der Waals surface area contributed by atoms with Gasteiger partial charge < -0.3 is 4.55 Å². The molecule has 0 spiro atoms. The van der Waals surface area contributed by atoms with Crippen molar-refractivity contribution in [3.05, 3.63) is 12.2 Å². The van der Waals surface area contributed by atoms with Crippen molar-refractivity contribution in [2.75, 3.05) is 5.75 Å². The summed E-state index contributed by atoms with van der Waals surface area (Å²) in [6, 6.07) is 0. The second-order valence-electron chi connectivity index (χ2n) is 1.93. The Hall–Kier alpha value is -0.240. The quantitative estimate of drug-likeness (QED) is 0.458. The Kier molecular flexibility index (Phi) is 3.87. The topological polar surface area (TPSA) is 83.5 Å². The maximum atomic E-state index is 10.6. The van der Waals surface area contributed by atoms with Gasteiger partial charge in [0, 0.05) is 0 Å². The summed E-state index contributed by atoms with van der Waals surface area (Å²) >= 11 is -3.03. The molecule has 0 aromatic rings. The van der Waals surface area contributed by atoms with E-state index >= 15 is 0 Å². The molecule has 11 heavy (non-hydrogen) atoms. The van der Waals surface area contributed by atoms with Crippen LogP contribution in [0.3, 0.4) is 0 Å². The lowest BCUT2D eigenvalue weighted by atomic mass is 10.4. The highest BCUT2D eigenvalue weighted by molar-refractivity contribution is 7.95. The van der Waals surface area contributed by atoms with Crippen LogP contribution in [-0.4, -0.2) is 22.9 Å². The third-order valence-electron chi connectivity index (χ3n) is 0.582. The molecule has 66 valence electrons. The van der Waals surface area contributed by atoms with Crippen LogP contribution in [0.5, 0.6) is 0 Å². The minimum atomic E-state index is -3.99. The minimum absolute atomic E-state index is 0.315. The zero-order chi connectivity index (χ0) is 9.07. The summed E-state index contributed by atoms with van der Waals surface area (Å²) in [4.78, 5) is 0. The highest BCUT2D eigenvalue weighted by Crippen LogP contribution is 2.00. The third kappa shape index (κ3) is 6.17. The number of rotatable bonds is 4. The molecule has 1 atom stereocenters. The molecule has 1 unspecified atom stereocenters. The molecule has 0 aliphatic heterocycles. The fraction of sp³-hybridized carbons (Fsp3) is 0.500. The molecular weight excluding hydrogens is 192 g/mol. The Balaban J connectivity index is 4.25. The van der Waals surface area contributed by atoms with E-state index < -0.39 is 27.2 Å². The lowest BCUT2D eigenvalue weighted by Gasteiger charge is -2.05. The average Bonchev–Trinajstić information content (AvgIpc) is 1.53. The first-order valence-corrected chi connectivity index (χ1v) is 5.07. The molecule has 0 saturated heterocycles. The second-order valence-corrected chi connectivity index (χ2v) is 4.29. The van der Waals surface area contributed by atoms with Crippen LogP contribution in [-0.2, 0) is 25.1 Å². The molecule has 7 heteroatoms. The molecule has 0 bridgehead atoms. The van der Waals surface area contributed by atoms with Gasteiger partial charge in [-0.3, -0.25) is 0 Å². The summed E-state index contributed by atoms with van der Waals surface area (Å²) in [5.41, 5.74) is 0.315. The van der Waals surface area contributed by atoms with Crippen molar-refractivity contribution in [1.82, 2.24) is 0 Å². The normalized spacial score (nSPS) is 14.4. The number of hydrogen-bond donors (Lipinski definition) is 0. The van der Waals surface area contributed by atoms with Crippen LogP contribution in [0.25, 0.3) is 0 Å². The molecule has 0 N–H and O–H groups in total. The minimum Gasteiger partial charge on any atom is -0.749 e. The average molecular weight is 199 g/mol. The van der Waals surface area contributed by atoms with E-state index in [2.05, 4.69) is 10.2 Å². The van der Waals surface area contributed by atoms with Gasteiger partial charge in [0.2, 0.25) is 0 Å². The van der Waals surface area contributed by atoms with Crippen LogP contribution in [0.2, 0.25) is 0 Å². The van der Waals surface area contributed by atoms with Crippen LogP contribution in [0.4, 0.5) is 0 Å². The first-order chi connectivity index (χ1) is 4.83. The van der Waals surface area contributed by atoms with E-state index in [1.807, 2.05) is 0 Å². The molecule has 0 heterocycles. The van der Waals surface area contributed by atoms with Crippen LogP contribution in [0, 0.1) is 0 Å². The predicted molar refractivity (Wildman–Crippen MR) is 38.6 cm³/mol. The van der Waals surface area contributed by atoms with E-state index in [9.17, 15) is 17.2 Å². The molecule has 0 aliphatic carbocycles. The lowest BCUT2D eigenvalue weighted by Crippen LogP contribution is -2.12. The lowest BCUT2D eigenvalue weighted by molar-refractivity contribution is 0.430. The van der Waals surface area contributed by atoms with Gasteiger partial charge in [0.05, 0.1) is 5.75 Å². The molecule has 0 amide bonds. The molecule has 0 rings (SSSR count). The van der Waals surface area contributed by atoms with Crippen molar-refractivity contribution in [1.29, 1.82) is 0 Å². The highest BCUT2D eigenvalue weighted by atomic mass is 32.3. The Morgan fingerprint density at radius 2 is 2.18 bits per heavy atom. The SMILES string of the molecule is C=C(C)CS(=O)(=O)OS(=O)[O-]. The molecule has 0 radical (unpaired) electrons. The Morgan fingerprint density at radius 3 is 2.45 bits per heavy atom. The van der Waals surface area contributed by atoms with E-state index in [1.165, 1.54) is 6.92 Å². The van der Waals surface area contributed by atoms with E-state index in [1.54, 1.807) is 0 Å². The third-order valence-corrected chi connectivity index (χ3v) is 2.70. The molecule has 0 saturated carbocycles. The van der Waals surface area contributed by atoms with Crippen molar-refractivity contribution in [3.63, 3.8) is 0 Å². The van der Waals surface area contributed by atoms with E-state index in [-0.39, 0.29) is 0 Å². The smallest absolute Gasteiger partial charge is 0.283 e. The summed E-state index contributed by atoms with van der Waals surface area (Å²) in [6.45, 7) is 4.74. The van der Waals surface area contributed by atoms with Crippen LogP contribution >= 0.6 is 0 Å². The summed E-state index contributed by atoms with van der Waals surface area (Å²) < 4.78 is 44.3. The van der Waals surface area contributed by atoms with Gasteiger partial charge in [-0.15, -0.1) is 0 Å². The van der Waals surface area contributed by atoms with Crippen molar-refractivity contribution < 1.29 is 20.8 Å². The van der Waals surface area contributed by atoms with Gasteiger partial charge in [-0.2, -0.15) is 12.0 Å². The zero-order valence-electron chi connectivity index (χ0n) is 5.77. The molecule has 0 aliphatic rings. The van der Waals surface area contributed by atoms with Crippen molar-refractivity contribution in [3.8, 4) is 0 Å². The van der Waals surface area contributed by atoms with Crippen LogP contribution < -0.4 is 0 Å². The molecule has 0 aromatic carbocycles. The molecule has 0 aromatic heterocycles. The van der Waals surface area contributed by atoms with Gasteiger partial charge in [0.1, 0.15) is 11.4 Å². The van der Waals surface area contributed by atoms with Gasteiger partial charge in [0.15, 0.2) is 0 Å². The molecule has 0 fully saturated rings. The van der Waals surface area contributed by atoms with Gasteiger partial charge in [-0.1, -0.05) is 12.2 Å². The number of hydrogen-bond acceptors (Lipinski definition) is 5. The van der Waals surface area contributed by atoms with E-state index in [0.29, 0.717) is 5.57 Å². The fourth-order valence-electron chi connectivity index (χ4n) is 0.410. The summed E-state index contributed by atoms with van der Waals surface area (Å²) in [5, 5.41) is 0. The largest absolute Gasteiger partial charge is 0.749 e. The van der Waals surface area contributed by atoms with E-state index in [4.69, 9.17) is 0 Å². The summed E-state index contributed by atoms with van der Waals surface area (Å²) in [6.07, 6.45) is 0. The molecule has 5 nitrogen and oxygen atoms in total. The first kappa shape index (κ1) is 10.8. The second kappa shape index (κ2) is 3.96. The molecular formula is C4H7O5S2-. The van der Waals surface area contributed by atoms with Crippen molar-refractivity contribution in [2.45, 2.75) is 6.92 Å². The maximum Gasteiger partial charge on any atom is 0.283 e. The van der Waals surface area contributed by atoms with E-state index in [0.717, 1.165) is 0 Å². The van der Waals surface area contributed by atoms with Gasteiger partial charge in [-0.25, -0.2) is 4.21 Å². The van der Waals surface area contributed by atoms with Crippen molar-refractivity contribution >= 4 is 21.5 Å². The highest BCUT2D eigenvalue weighted by Gasteiger charge is 2.11. The van der Waals surface area contributed by atoms with Crippen LogP contribution in [0.1, 0.15) is 6.92 Å². The Labute approximate surface area is 67.7 Å². The van der Waals surface area contributed by atoms with Gasteiger partial charge in [0.25, 0.3) is 10.1 Å². The summed E-state index contributed by atoms with van der Waals surface area (Å²) in [5.74, 6) is -0.485. The Morgan fingerprint density at radius 1 is 1.73 bits per heavy atom. The zero-order valence-corrected chi connectivity index (χ0v) is 7.40. The standard InChI is InChI=1S/C4H8O5S2/c1-4(2)3-11(7,8)9-10(5)6/h1,3H2,2H3,(H,5,6)/p-1. The summed E-state index contributed by atoms with van der Waals surface area (Å²) in [7, 11) is -3.99. The predicted octanol–water partition coefficient (Wildman–Crippen LogP) is -0.297. The van der Waals surface area contributed by atoms with Gasteiger partial charge in [-0.05, 0) is 6.92 Å². The van der Waals surface area contributed by atoms with Crippen LogP contribution in [0.15, 0.2) is 12.2 Å². The van der Waals surface area contributed by atoms with Gasteiger partial charge >= 0.3 is 0 Å². The fourth-order valence-corrected chi connectivity index (χ4v) is 1.88. The van der Waals surface area contributed by atoms with Crippen molar-refractivity contribution in [2.24, 2.45) is 0 Å². The maximum absolute atomic E-state index is 10.6.